The molecular formula is C29H24N2OS2. The summed E-state index contributed by atoms with van der Waals surface area (Å²) >= 11 is 3.36. The van der Waals surface area contributed by atoms with Gasteiger partial charge in [0.25, 0.3) is 5.56 Å². The quantitative estimate of drug-likeness (QED) is 0.197. The molecule has 5 aromatic rings. The Morgan fingerprint density at radius 1 is 0.794 bits per heavy atom. The third kappa shape index (κ3) is 3.89. The summed E-state index contributed by atoms with van der Waals surface area (Å²) in [6, 6.07) is 30.9. The maximum atomic E-state index is 14.1. The molecule has 3 nitrogen and oxygen atoms in total. The van der Waals surface area contributed by atoms with E-state index in [9.17, 15) is 4.79 Å². The Morgan fingerprint density at radius 2 is 1.38 bits per heavy atom. The molecule has 0 unspecified atom stereocenters. The zero-order valence-electron chi connectivity index (χ0n) is 18.7. The monoisotopic (exact) mass is 480 g/mol. The average molecular weight is 481 g/mol. The summed E-state index contributed by atoms with van der Waals surface area (Å²) in [5, 5.41) is 1.58. The van der Waals surface area contributed by atoms with E-state index in [0.29, 0.717) is 0 Å². The van der Waals surface area contributed by atoms with E-state index in [2.05, 4.69) is 48.5 Å². The Labute approximate surface area is 207 Å². The van der Waals surface area contributed by atoms with Gasteiger partial charge in [0.15, 0.2) is 5.16 Å². The predicted molar refractivity (Wildman–Crippen MR) is 142 cm³/mol. The van der Waals surface area contributed by atoms with E-state index in [1.165, 1.54) is 28.0 Å². The SMILES string of the molecule is O=c1c2c3c(sc2nc(SC(c2ccccc2)c2ccccc2)n1-c1ccccc1)CCCC3. The van der Waals surface area contributed by atoms with Crippen molar-refractivity contribution in [3.63, 3.8) is 0 Å². The molecule has 168 valence electrons. The highest BCUT2D eigenvalue weighted by molar-refractivity contribution is 7.99. The summed E-state index contributed by atoms with van der Waals surface area (Å²) in [6.45, 7) is 0. The first-order chi connectivity index (χ1) is 16.8. The van der Waals surface area contributed by atoms with Gasteiger partial charge in [-0.15, -0.1) is 11.3 Å². The van der Waals surface area contributed by atoms with Gasteiger partial charge >= 0.3 is 0 Å². The minimum atomic E-state index is 0.0244. The van der Waals surface area contributed by atoms with Gasteiger partial charge in [0, 0.05) is 4.88 Å². The number of rotatable bonds is 5. The second kappa shape index (κ2) is 9.24. The predicted octanol–water partition coefficient (Wildman–Crippen LogP) is 7.21. The molecule has 0 saturated carbocycles. The third-order valence-corrected chi connectivity index (χ3v) is 8.85. The lowest BCUT2D eigenvalue weighted by atomic mass is 9.97. The van der Waals surface area contributed by atoms with Crippen LogP contribution >= 0.6 is 23.1 Å². The molecule has 0 fully saturated rings. The summed E-state index contributed by atoms with van der Waals surface area (Å²) < 4.78 is 1.83. The molecule has 0 amide bonds. The zero-order chi connectivity index (χ0) is 22.9. The smallest absolute Gasteiger partial charge is 0.267 e. The topological polar surface area (TPSA) is 34.9 Å². The Morgan fingerprint density at radius 3 is 2.03 bits per heavy atom. The molecule has 0 bridgehead atoms. The number of nitrogens with zero attached hydrogens (tertiary/aromatic N) is 2. The molecule has 0 aliphatic heterocycles. The van der Waals surface area contributed by atoms with Crippen LogP contribution in [0.2, 0.25) is 0 Å². The maximum Gasteiger partial charge on any atom is 0.267 e. The van der Waals surface area contributed by atoms with Crippen LogP contribution in [0.1, 0.15) is 39.7 Å². The second-order valence-electron chi connectivity index (χ2n) is 8.58. The number of hydrogen-bond donors (Lipinski definition) is 0. The van der Waals surface area contributed by atoms with Gasteiger partial charge in [-0.1, -0.05) is 90.6 Å². The van der Waals surface area contributed by atoms with E-state index >= 15 is 0 Å². The fraction of sp³-hybridized carbons (Fsp3) is 0.172. The molecule has 0 saturated heterocycles. The van der Waals surface area contributed by atoms with Gasteiger partial charge in [-0.05, 0) is 54.5 Å². The standard InChI is InChI=1S/C29H24N2OS2/c32-28-25-23-18-10-11-19-24(23)33-27(25)30-29(31(28)22-16-8-3-9-17-22)34-26(20-12-4-1-5-13-20)21-14-6-2-7-15-21/h1-9,12-17,26H,10-11,18-19H2. The highest BCUT2D eigenvalue weighted by Gasteiger charge is 2.25. The highest BCUT2D eigenvalue weighted by atomic mass is 32.2. The number of thioether (sulfide) groups is 1. The van der Waals surface area contributed by atoms with Gasteiger partial charge in [0.2, 0.25) is 0 Å². The molecule has 2 heterocycles. The first-order valence-electron chi connectivity index (χ1n) is 11.7. The Bertz CT molecular complexity index is 1450. The van der Waals surface area contributed by atoms with E-state index in [4.69, 9.17) is 4.98 Å². The van der Waals surface area contributed by atoms with Gasteiger partial charge in [-0.25, -0.2) is 4.98 Å². The van der Waals surface area contributed by atoms with E-state index in [0.717, 1.165) is 40.3 Å². The number of aromatic nitrogens is 2. The minimum Gasteiger partial charge on any atom is -0.268 e. The molecule has 5 heteroatoms. The van der Waals surface area contributed by atoms with Crippen molar-refractivity contribution in [3.8, 4) is 5.69 Å². The van der Waals surface area contributed by atoms with Crippen molar-refractivity contribution in [2.24, 2.45) is 0 Å². The number of hydrogen-bond acceptors (Lipinski definition) is 4. The normalized spacial score (nSPS) is 13.3. The van der Waals surface area contributed by atoms with E-state index < -0.39 is 0 Å². The summed E-state index contributed by atoms with van der Waals surface area (Å²) in [6.07, 6.45) is 4.37. The van der Waals surface area contributed by atoms with Crippen LogP contribution in [0.25, 0.3) is 15.9 Å². The van der Waals surface area contributed by atoms with Crippen LogP contribution in [0.3, 0.4) is 0 Å². The van der Waals surface area contributed by atoms with Crippen molar-refractivity contribution in [1.82, 2.24) is 9.55 Å². The lowest BCUT2D eigenvalue weighted by Crippen LogP contribution is -2.22. The molecule has 0 atom stereocenters. The molecule has 1 aliphatic rings. The Hall–Kier alpha value is -3.15. The van der Waals surface area contributed by atoms with Crippen molar-refractivity contribution in [1.29, 1.82) is 0 Å². The largest absolute Gasteiger partial charge is 0.268 e. The van der Waals surface area contributed by atoms with Crippen LogP contribution in [0, 0.1) is 0 Å². The lowest BCUT2D eigenvalue weighted by molar-refractivity contribution is 0.699. The van der Waals surface area contributed by atoms with Gasteiger partial charge < -0.3 is 0 Å². The number of fused-ring (bicyclic) bond motifs is 3. The van der Waals surface area contributed by atoms with Crippen molar-refractivity contribution in [3.05, 3.63) is 123 Å². The maximum absolute atomic E-state index is 14.1. The van der Waals surface area contributed by atoms with Crippen LogP contribution in [0.4, 0.5) is 0 Å². The second-order valence-corrected chi connectivity index (χ2v) is 10.7. The Balaban J connectivity index is 1.57. The van der Waals surface area contributed by atoms with Crippen molar-refractivity contribution in [2.75, 3.05) is 0 Å². The van der Waals surface area contributed by atoms with Gasteiger partial charge in [0.05, 0.1) is 16.3 Å². The van der Waals surface area contributed by atoms with E-state index in [-0.39, 0.29) is 10.8 Å². The fourth-order valence-corrected chi connectivity index (χ4v) is 7.30. The first-order valence-corrected chi connectivity index (χ1v) is 13.4. The fourth-order valence-electron chi connectivity index (χ4n) is 4.76. The van der Waals surface area contributed by atoms with Crippen LogP contribution in [0.5, 0.6) is 0 Å². The molecule has 3 aromatic carbocycles. The number of thiophene rings is 1. The molecule has 0 spiro atoms. The van der Waals surface area contributed by atoms with Crippen LogP contribution in [-0.4, -0.2) is 9.55 Å². The third-order valence-electron chi connectivity index (χ3n) is 6.40. The molecule has 0 radical (unpaired) electrons. The van der Waals surface area contributed by atoms with Crippen molar-refractivity contribution < 1.29 is 0 Å². The zero-order valence-corrected chi connectivity index (χ0v) is 20.3. The van der Waals surface area contributed by atoms with Gasteiger partial charge in [-0.2, -0.15) is 0 Å². The Kier molecular flexibility index (Phi) is 5.81. The lowest BCUT2D eigenvalue weighted by Gasteiger charge is -2.20. The molecule has 6 rings (SSSR count). The number of para-hydroxylation sites is 1. The van der Waals surface area contributed by atoms with Crippen LogP contribution < -0.4 is 5.56 Å². The highest BCUT2D eigenvalue weighted by Crippen LogP contribution is 2.42. The minimum absolute atomic E-state index is 0.0244. The van der Waals surface area contributed by atoms with E-state index in [1.54, 1.807) is 23.1 Å². The molecule has 1 aliphatic carbocycles. The average Bonchev–Trinajstić information content (AvgIpc) is 3.27. The van der Waals surface area contributed by atoms with Crippen molar-refractivity contribution in [2.45, 2.75) is 36.1 Å². The molecule has 34 heavy (non-hydrogen) atoms. The first kappa shape index (κ1) is 21.4. The molecular weight excluding hydrogens is 456 g/mol. The summed E-state index contributed by atoms with van der Waals surface area (Å²) in [7, 11) is 0. The van der Waals surface area contributed by atoms with Crippen molar-refractivity contribution >= 4 is 33.3 Å². The van der Waals surface area contributed by atoms with Gasteiger partial charge in [-0.3, -0.25) is 9.36 Å². The van der Waals surface area contributed by atoms with Crippen LogP contribution in [0.15, 0.2) is 101 Å². The number of benzene rings is 3. The summed E-state index contributed by atoms with van der Waals surface area (Å²) in [5.41, 5.74) is 4.53. The van der Waals surface area contributed by atoms with Gasteiger partial charge in [0.1, 0.15) is 4.83 Å². The number of aryl methyl sites for hydroxylation is 2. The van der Waals surface area contributed by atoms with Crippen LogP contribution in [-0.2, 0) is 12.8 Å². The van der Waals surface area contributed by atoms with E-state index in [1.807, 2.05) is 47.0 Å². The summed E-state index contributed by atoms with van der Waals surface area (Å²) in [4.78, 5) is 21.4. The summed E-state index contributed by atoms with van der Waals surface area (Å²) in [5.74, 6) is 0. The molecule has 0 N–H and O–H groups in total. The molecule has 2 aromatic heterocycles.